The van der Waals surface area contributed by atoms with Gasteiger partial charge in [-0.15, -0.1) is 11.6 Å². The van der Waals surface area contributed by atoms with Crippen LogP contribution in [0.5, 0.6) is 0 Å². The molecule has 0 aromatic heterocycles. The van der Waals surface area contributed by atoms with Crippen molar-refractivity contribution in [2.24, 2.45) is 0 Å². The number of ether oxygens (including phenoxy) is 3. The van der Waals surface area contributed by atoms with Crippen molar-refractivity contribution in [1.82, 2.24) is 0 Å². The smallest absolute Gasteiger partial charge is 0.323 e. The first-order valence-electron chi connectivity index (χ1n) is 4.64. The van der Waals surface area contributed by atoms with Crippen LogP contribution in [0.3, 0.4) is 0 Å². The van der Waals surface area contributed by atoms with Crippen molar-refractivity contribution < 1.29 is 19.0 Å². The fourth-order valence-electron chi connectivity index (χ4n) is 0.680. The predicted molar refractivity (Wildman–Crippen MR) is 53.6 cm³/mol. The Balaban J connectivity index is 3.10. The van der Waals surface area contributed by atoms with Crippen molar-refractivity contribution >= 4 is 17.6 Å². The molecule has 0 aliphatic heterocycles. The molecule has 0 heterocycles. The van der Waals surface area contributed by atoms with Crippen molar-refractivity contribution in [2.75, 3.05) is 33.0 Å². The maximum absolute atomic E-state index is 10.8. The van der Waals surface area contributed by atoms with Crippen LogP contribution in [-0.4, -0.2) is 44.4 Å². The third-order valence-corrected chi connectivity index (χ3v) is 1.55. The molecule has 0 rings (SSSR count). The average Bonchev–Trinajstić information content (AvgIpc) is 2.16. The molecule has 0 aliphatic rings. The van der Waals surface area contributed by atoms with E-state index in [0.717, 1.165) is 0 Å². The second-order valence-electron chi connectivity index (χ2n) is 2.59. The van der Waals surface area contributed by atoms with Crippen LogP contribution in [0.2, 0.25) is 0 Å². The van der Waals surface area contributed by atoms with Crippen molar-refractivity contribution in [3.8, 4) is 0 Å². The molecule has 0 amide bonds. The fourth-order valence-corrected chi connectivity index (χ4v) is 0.743. The molecule has 0 saturated heterocycles. The second-order valence-corrected chi connectivity index (χ2v) is 3.25. The lowest BCUT2D eigenvalue weighted by Gasteiger charge is -2.06. The molecule has 84 valence electrons. The van der Waals surface area contributed by atoms with Crippen LogP contribution in [0.25, 0.3) is 0 Å². The molecule has 0 aliphatic carbocycles. The third kappa shape index (κ3) is 8.29. The summed E-state index contributed by atoms with van der Waals surface area (Å²) >= 11 is 5.47. The van der Waals surface area contributed by atoms with E-state index < -0.39 is 11.3 Å². The lowest BCUT2D eigenvalue weighted by atomic mass is 10.5. The highest BCUT2D eigenvalue weighted by atomic mass is 35.5. The van der Waals surface area contributed by atoms with Crippen LogP contribution in [0, 0.1) is 0 Å². The topological polar surface area (TPSA) is 44.8 Å². The zero-order valence-electron chi connectivity index (χ0n) is 8.62. The van der Waals surface area contributed by atoms with E-state index in [-0.39, 0.29) is 6.61 Å². The minimum atomic E-state index is -0.599. The van der Waals surface area contributed by atoms with Gasteiger partial charge in [-0.05, 0) is 13.8 Å². The van der Waals surface area contributed by atoms with Gasteiger partial charge in [-0.2, -0.15) is 0 Å². The highest BCUT2D eigenvalue weighted by molar-refractivity contribution is 6.29. The highest BCUT2D eigenvalue weighted by Gasteiger charge is 2.09. The SMILES string of the molecule is CCOCCOCCOC(=O)[C@H](C)Cl. The van der Waals surface area contributed by atoms with Gasteiger partial charge in [-0.25, -0.2) is 0 Å². The standard InChI is InChI=1S/C9H17ClO4/c1-3-12-4-5-13-6-7-14-9(11)8(2)10/h8H,3-7H2,1-2H3/t8-/m0/s1. The quantitative estimate of drug-likeness (QED) is 0.353. The monoisotopic (exact) mass is 224 g/mol. The van der Waals surface area contributed by atoms with E-state index >= 15 is 0 Å². The van der Waals surface area contributed by atoms with E-state index in [9.17, 15) is 4.79 Å². The first kappa shape index (κ1) is 13.7. The van der Waals surface area contributed by atoms with Crippen LogP contribution in [0.1, 0.15) is 13.8 Å². The van der Waals surface area contributed by atoms with E-state index in [1.165, 1.54) is 0 Å². The van der Waals surface area contributed by atoms with Gasteiger partial charge in [-0.1, -0.05) is 0 Å². The number of hydrogen-bond donors (Lipinski definition) is 0. The van der Waals surface area contributed by atoms with Gasteiger partial charge < -0.3 is 14.2 Å². The Morgan fingerprint density at radius 1 is 1.21 bits per heavy atom. The van der Waals surface area contributed by atoms with Gasteiger partial charge in [0.1, 0.15) is 12.0 Å². The number of esters is 1. The zero-order chi connectivity index (χ0) is 10.8. The molecular weight excluding hydrogens is 208 g/mol. The minimum Gasteiger partial charge on any atom is -0.462 e. The fraction of sp³-hybridized carbons (Fsp3) is 0.889. The lowest BCUT2D eigenvalue weighted by Crippen LogP contribution is -2.18. The molecule has 0 radical (unpaired) electrons. The highest BCUT2D eigenvalue weighted by Crippen LogP contribution is 1.96. The normalized spacial score (nSPS) is 12.5. The van der Waals surface area contributed by atoms with Gasteiger partial charge in [0, 0.05) is 6.61 Å². The predicted octanol–water partition coefficient (Wildman–Crippen LogP) is 1.21. The molecule has 4 nitrogen and oxygen atoms in total. The number of halogens is 1. The van der Waals surface area contributed by atoms with Crippen molar-refractivity contribution in [3.63, 3.8) is 0 Å². The Labute approximate surface area is 89.5 Å². The third-order valence-electron chi connectivity index (χ3n) is 1.37. The summed E-state index contributed by atoms with van der Waals surface area (Å²) in [7, 11) is 0. The summed E-state index contributed by atoms with van der Waals surface area (Å²) in [6, 6.07) is 0. The Morgan fingerprint density at radius 3 is 2.36 bits per heavy atom. The van der Waals surface area contributed by atoms with E-state index in [1.54, 1.807) is 6.92 Å². The van der Waals surface area contributed by atoms with Crippen LogP contribution >= 0.6 is 11.6 Å². The molecule has 5 heteroatoms. The van der Waals surface area contributed by atoms with Crippen molar-refractivity contribution in [3.05, 3.63) is 0 Å². The van der Waals surface area contributed by atoms with E-state index in [2.05, 4.69) is 0 Å². The summed E-state index contributed by atoms with van der Waals surface area (Å²) in [5, 5.41) is -0.599. The molecule has 0 fully saturated rings. The maximum Gasteiger partial charge on any atom is 0.323 e. The number of carbonyl (C=O) groups excluding carboxylic acids is 1. The van der Waals surface area contributed by atoms with E-state index in [0.29, 0.717) is 26.4 Å². The summed E-state index contributed by atoms with van der Waals surface area (Å²) < 4.78 is 14.9. The van der Waals surface area contributed by atoms with Gasteiger partial charge in [0.15, 0.2) is 0 Å². The summed E-state index contributed by atoms with van der Waals surface area (Å²) in [4.78, 5) is 10.8. The van der Waals surface area contributed by atoms with Crippen molar-refractivity contribution in [2.45, 2.75) is 19.2 Å². The average molecular weight is 225 g/mol. The van der Waals surface area contributed by atoms with E-state index in [1.807, 2.05) is 6.92 Å². The zero-order valence-corrected chi connectivity index (χ0v) is 9.38. The van der Waals surface area contributed by atoms with E-state index in [4.69, 9.17) is 25.8 Å². The Kier molecular flexibility index (Phi) is 9.03. The molecule has 0 bridgehead atoms. The van der Waals surface area contributed by atoms with Crippen LogP contribution in [0.15, 0.2) is 0 Å². The number of carbonyl (C=O) groups is 1. The maximum atomic E-state index is 10.8. The summed E-state index contributed by atoms with van der Waals surface area (Å²) in [5.41, 5.74) is 0. The molecule has 0 saturated carbocycles. The largest absolute Gasteiger partial charge is 0.462 e. The van der Waals surface area contributed by atoms with Gasteiger partial charge in [0.25, 0.3) is 0 Å². The molecule has 0 unspecified atom stereocenters. The van der Waals surface area contributed by atoms with Gasteiger partial charge in [0.05, 0.1) is 19.8 Å². The van der Waals surface area contributed by atoms with Crippen molar-refractivity contribution in [1.29, 1.82) is 0 Å². The van der Waals surface area contributed by atoms with Crippen LogP contribution < -0.4 is 0 Å². The molecule has 1 atom stereocenters. The minimum absolute atomic E-state index is 0.238. The number of rotatable bonds is 8. The number of hydrogen-bond acceptors (Lipinski definition) is 4. The summed E-state index contributed by atoms with van der Waals surface area (Å²) in [6.07, 6.45) is 0. The summed E-state index contributed by atoms with van der Waals surface area (Å²) in [5.74, 6) is -0.417. The molecule has 0 N–H and O–H groups in total. The lowest BCUT2D eigenvalue weighted by molar-refractivity contribution is -0.144. The molecular formula is C9H17ClO4. The van der Waals surface area contributed by atoms with Crippen LogP contribution in [-0.2, 0) is 19.0 Å². The molecule has 14 heavy (non-hydrogen) atoms. The van der Waals surface area contributed by atoms with Crippen LogP contribution in [0.4, 0.5) is 0 Å². The van der Waals surface area contributed by atoms with Gasteiger partial charge in [0.2, 0.25) is 0 Å². The number of alkyl halides is 1. The molecule has 0 aromatic rings. The van der Waals surface area contributed by atoms with Gasteiger partial charge >= 0.3 is 5.97 Å². The Bertz CT molecular complexity index is 150. The Hall–Kier alpha value is -0.320. The first-order valence-corrected chi connectivity index (χ1v) is 5.08. The molecule has 0 aromatic carbocycles. The summed E-state index contributed by atoms with van der Waals surface area (Å²) in [6.45, 7) is 5.87. The molecule has 0 spiro atoms. The second kappa shape index (κ2) is 9.24. The first-order chi connectivity index (χ1) is 6.68. The Morgan fingerprint density at radius 2 is 1.79 bits per heavy atom. The van der Waals surface area contributed by atoms with Gasteiger partial charge in [-0.3, -0.25) is 4.79 Å².